The molecule has 0 bridgehead atoms. The highest BCUT2D eigenvalue weighted by molar-refractivity contribution is 6.18. The Hall–Kier alpha value is 0.290. The van der Waals surface area contributed by atoms with Crippen molar-refractivity contribution in [1.29, 1.82) is 0 Å². The number of hydrogen-bond acceptors (Lipinski definition) is 0. The molecular formula is C10H19Cl. The Kier molecular flexibility index (Phi) is 2.85. The monoisotopic (exact) mass is 174 g/mol. The van der Waals surface area contributed by atoms with Gasteiger partial charge in [-0.15, -0.1) is 11.6 Å². The van der Waals surface area contributed by atoms with Gasteiger partial charge in [0.25, 0.3) is 0 Å². The van der Waals surface area contributed by atoms with Crippen LogP contribution in [0, 0.1) is 17.3 Å². The summed E-state index contributed by atoms with van der Waals surface area (Å²) in [4.78, 5) is 0. The second kappa shape index (κ2) is 3.35. The van der Waals surface area contributed by atoms with Crippen LogP contribution < -0.4 is 0 Å². The van der Waals surface area contributed by atoms with Crippen molar-refractivity contribution in [3.63, 3.8) is 0 Å². The van der Waals surface area contributed by atoms with Crippen molar-refractivity contribution in [3.05, 3.63) is 0 Å². The van der Waals surface area contributed by atoms with Gasteiger partial charge in [0.05, 0.1) is 0 Å². The van der Waals surface area contributed by atoms with E-state index in [1.807, 2.05) is 0 Å². The van der Waals surface area contributed by atoms with Crippen molar-refractivity contribution in [3.8, 4) is 0 Å². The van der Waals surface area contributed by atoms with E-state index in [1.165, 1.54) is 19.3 Å². The second-order valence-electron chi connectivity index (χ2n) is 4.90. The maximum atomic E-state index is 5.82. The van der Waals surface area contributed by atoms with Gasteiger partial charge in [-0.2, -0.15) is 0 Å². The average Bonchev–Trinajstić information content (AvgIpc) is 2.32. The molecule has 1 heteroatoms. The lowest BCUT2D eigenvalue weighted by Gasteiger charge is -2.26. The van der Waals surface area contributed by atoms with Gasteiger partial charge in [0.1, 0.15) is 0 Å². The molecule has 11 heavy (non-hydrogen) atoms. The molecule has 0 aromatic heterocycles. The minimum atomic E-state index is 0.501. The first-order valence-electron chi connectivity index (χ1n) is 4.60. The van der Waals surface area contributed by atoms with E-state index >= 15 is 0 Å². The van der Waals surface area contributed by atoms with Gasteiger partial charge in [-0.1, -0.05) is 20.8 Å². The highest BCUT2D eigenvalue weighted by atomic mass is 35.5. The largest absolute Gasteiger partial charge is 0.126 e. The number of alkyl halides is 1. The molecule has 0 amide bonds. The fraction of sp³-hybridized carbons (Fsp3) is 1.00. The summed E-state index contributed by atoms with van der Waals surface area (Å²) < 4.78 is 0. The van der Waals surface area contributed by atoms with E-state index < -0.39 is 0 Å². The fourth-order valence-corrected chi connectivity index (χ4v) is 2.28. The standard InChI is InChI=1S/C10H19Cl/c1-10(2,3)9-5-4-8(6-9)7-11/h8-9H,4-7H2,1-3H3. The Morgan fingerprint density at radius 2 is 1.91 bits per heavy atom. The molecular weight excluding hydrogens is 156 g/mol. The van der Waals surface area contributed by atoms with Crippen molar-refractivity contribution < 1.29 is 0 Å². The summed E-state index contributed by atoms with van der Waals surface area (Å²) in [6, 6.07) is 0. The summed E-state index contributed by atoms with van der Waals surface area (Å²) in [5.41, 5.74) is 0.501. The summed E-state index contributed by atoms with van der Waals surface area (Å²) in [7, 11) is 0. The highest BCUT2D eigenvalue weighted by Crippen LogP contribution is 2.42. The van der Waals surface area contributed by atoms with Gasteiger partial charge in [-0.3, -0.25) is 0 Å². The molecule has 1 rings (SSSR count). The van der Waals surface area contributed by atoms with Crippen LogP contribution in [0.1, 0.15) is 40.0 Å². The molecule has 1 saturated carbocycles. The molecule has 2 unspecified atom stereocenters. The lowest BCUT2D eigenvalue weighted by molar-refractivity contribution is 0.241. The number of halogens is 1. The van der Waals surface area contributed by atoms with Gasteiger partial charge < -0.3 is 0 Å². The normalized spacial score (nSPS) is 32.7. The molecule has 0 radical (unpaired) electrons. The van der Waals surface area contributed by atoms with E-state index in [9.17, 15) is 0 Å². The zero-order chi connectivity index (χ0) is 8.48. The first-order chi connectivity index (χ1) is 5.04. The SMILES string of the molecule is CC(C)(C)C1CCC(CCl)C1. The predicted molar refractivity (Wildman–Crippen MR) is 51.0 cm³/mol. The molecule has 66 valence electrons. The molecule has 0 aliphatic heterocycles. The summed E-state index contributed by atoms with van der Waals surface area (Å²) in [5.74, 6) is 2.58. The summed E-state index contributed by atoms with van der Waals surface area (Å²) in [5, 5.41) is 0. The van der Waals surface area contributed by atoms with Crippen LogP contribution in [0.5, 0.6) is 0 Å². The zero-order valence-corrected chi connectivity index (χ0v) is 8.62. The Bertz CT molecular complexity index is 123. The molecule has 0 N–H and O–H groups in total. The van der Waals surface area contributed by atoms with Crippen LogP contribution in [-0.2, 0) is 0 Å². The Morgan fingerprint density at radius 1 is 1.27 bits per heavy atom. The Balaban J connectivity index is 2.42. The van der Waals surface area contributed by atoms with Crippen LogP contribution >= 0.6 is 11.6 Å². The van der Waals surface area contributed by atoms with Crippen LogP contribution in [0.2, 0.25) is 0 Å². The lowest BCUT2D eigenvalue weighted by atomic mass is 9.79. The van der Waals surface area contributed by atoms with Gasteiger partial charge in [-0.05, 0) is 36.5 Å². The quantitative estimate of drug-likeness (QED) is 0.532. The molecule has 0 heterocycles. The third kappa shape index (κ3) is 2.37. The van der Waals surface area contributed by atoms with Gasteiger partial charge in [0.15, 0.2) is 0 Å². The Morgan fingerprint density at radius 3 is 2.18 bits per heavy atom. The van der Waals surface area contributed by atoms with Crippen LogP contribution in [0.15, 0.2) is 0 Å². The topological polar surface area (TPSA) is 0 Å². The Labute approximate surface area is 75.3 Å². The molecule has 2 atom stereocenters. The molecule has 1 fully saturated rings. The first-order valence-corrected chi connectivity index (χ1v) is 5.13. The summed E-state index contributed by atoms with van der Waals surface area (Å²) >= 11 is 5.82. The van der Waals surface area contributed by atoms with Crippen LogP contribution in [-0.4, -0.2) is 5.88 Å². The predicted octanol–water partition coefficient (Wildman–Crippen LogP) is 3.69. The zero-order valence-electron chi connectivity index (χ0n) is 7.86. The molecule has 0 spiro atoms. The molecule has 1 aliphatic carbocycles. The van der Waals surface area contributed by atoms with E-state index in [2.05, 4.69) is 20.8 Å². The maximum absolute atomic E-state index is 5.82. The first kappa shape index (κ1) is 9.38. The van der Waals surface area contributed by atoms with Crippen molar-refractivity contribution in [2.75, 3.05) is 5.88 Å². The van der Waals surface area contributed by atoms with E-state index in [-0.39, 0.29) is 0 Å². The van der Waals surface area contributed by atoms with E-state index in [4.69, 9.17) is 11.6 Å². The minimum Gasteiger partial charge on any atom is -0.126 e. The van der Waals surface area contributed by atoms with Crippen LogP contribution in [0.25, 0.3) is 0 Å². The molecule has 0 saturated heterocycles. The summed E-state index contributed by atoms with van der Waals surface area (Å²) in [6.07, 6.45) is 4.10. The van der Waals surface area contributed by atoms with Gasteiger partial charge in [-0.25, -0.2) is 0 Å². The van der Waals surface area contributed by atoms with Gasteiger partial charge in [0, 0.05) is 5.88 Å². The smallest absolute Gasteiger partial charge is 0.0251 e. The molecule has 0 aromatic rings. The third-order valence-corrected chi connectivity index (χ3v) is 3.42. The number of rotatable bonds is 1. The fourth-order valence-electron chi connectivity index (χ4n) is 2.00. The lowest BCUT2D eigenvalue weighted by Crippen LogP contribution is -2.17. The van der Waals surface area contributed by atoms with Gasteiger partial charge >= 0.3 is 0 Å². The van der Waals surface area contributed by atoms with E-state index in [0.29, 0.717) is 5.41 Å². The summed E-state index contributed by atoms with van der Waals surface area (Å²) in [6.45, 7) is 7.02. The van der Waals surface area contributed by atoms with E-state index in [1.54, 1.807) is 0 Å². The van der Waals surface area contributed by atoms with Crippen molar-refractivity contribution >= 4 is 11.6 Å². The van der Waals surface area contributed by atoms with Crippen molar-refractivity contribution in [2.45, 2.75) is 40.0 Å². The van der Waals surface area contributed by atoms with E-state index in [0.717, 1.165) is 17.7 Å². The maximum Gasteiger partial charge on any atom is 0.0251 e. The molecule has 0 aromatic carbocycles. The molecule has 1 aliphatic rings. The van der Waals surface area contributed by atoms with Crippen LogP contribution in [0.3, 0.4) is 0 Å². The number of hydrogen-bond donors (Lipinski definition) is 0. The highest BCUT2D eigenvalue weighted by Gasteiger charge is 2.32. The van der Waals surface area contributed by atoms with Gasteiger partial charge in [0.2, 0.25) is 0 Å². The average molecular weight is 175 g/mol. The molecule has 0 nitrogen and oxygen atoms in total. The van der Waals surface area contributed by atoms with Crippen LogP contribution in [0.4, 0.5) is 0 Å². The second-order valence-corrected chi connectivity index (χ2v) is 5.20. The van der Waals surface area contributed by atoms with Crippen molar-refractivity contribution in [1.82, 2.24) is 0 Å². The third-order valence-electron chi connectivity index (χ3n) is 2.98. The minimum absolute atomic E-state index is 0.501. The van der Waals surface area contributed by atoms with Crippen molar-refractivity contribution in [2.24, 2.45) is 17.3 Å².